The van der Waals surface area contributed by atoms with Gasteiger partial charge in [-0.1, -0.05) is 13.8 Å². The summed E-state index contributed by atoms with van der Waals surface area (Å²) in [5, 5.41) is 12.0. The average molecular weight is 713 g/mol. The van der Waals surface area contributed by atoms with Crippen LogP contribution in [-0.4, -0.2) is 71.4 Å². The molecule has 2 heterocycles. The zero-order valence-corrected chi connectivity index (χ0v) is 29.8. The van der Waals surface area contributed by atoms with Gasteiger partial charge in [0.1, 0.15) is 30.0 Å². The SMILES string of the molecule is CC(=O)OC1C(c2ccc(=O)oc2)C2(C)CCC3C(CCC4CC(OC(=O)CCCC(=O)NC(CCCN=C(N)N)C(=O)O)CCC43C)C23OC13. The number of hydrogen-bond donors (Lipinski definition) is 4. The van der Waals surface area contributed by atoms with Gasteiger partial charge in [0.15, 0.2) is 5.96 Å². The minimum Gasteiger partial charge on any atom is -0.480 e. The van der Waals surface area contributed by atoms with Crippen molar-refractivity contribution in [3.8, 4) is 0 Å². The molecule has 11 unspecified atom stereocenters. The van der Waals surface area contributed by atoms with Gasteiger partial charge in [-0.25, -0.2) is 9.59 Å². The summed E-state index contributed by atoms with van der Waals surface area (Å²) in [4.78, 5) is 64.8. The van der Waals surface area contributed by atoms with Crippen molar-refractivity contribution >= 4 is 29.8 Å². The van der Waals surface area contributed by atoms with E-state index < -0.39 is 35.2 Å². The first-order valence-electron chi connectivity index (χ1n) is 18.4. The fourth-order valence-corrected chi connectivity index (χ4v) is 10.9. The Labute approximate surface area is 297 Å². The van der Waals surface area contributed by atoms with Crippen molar-refractivity contribution in [2.75, 3.05) is 6.54 Å². The van der Waals surface area contributed by atoms with E-state index in [0.717, 1.165) is 50.5 Å². The van der Waals surface area contributed by atoms with Crippen molar-refractivity contribution in [2.24, 2.45) is 45.0 Å². The van der Waals surface area contributed by atoms with E-state index in [1.165, 1.54) is 19.3 Å². The molecule has 5 aliphatic rings. The molecule has 1 saturated heterocycles. The standard InChI is InChI=1S/C37H52N4O10/c1-20(42)49-31-30(21-9-12-28(44)48-19-21)36(3)16-14-24-25(37(36)32(31)51-37)11-10-22-18-23(13-15-35(22,24)2)50-29(45)8-4-7-27(43)41-26(33(46)47)6-5-17-40-34(38)39/h9,12,19,22-26,30-32H,4-8,10-11,13-18H2,1-3H3,(H,41,43)(H,46,47)(H4,38,39,40). The number of esters is 2. The third-order valence-electron chi connectivity index (χ3n) is 13.1. The second kappa shape index (κ2) is 14.2. The molecule has 0 aromatic carbocycles. The molecule has 5 fully saturated rings. The quantitative estimate of drug-likeness (QED) is 0.0761. The van der Waals surface area contributed by atoms with Gasteiger partial charge in [-0.15, -0.1) is 0 Å². The van der Waals surface area contributed by atoms with Crippen molar-refractivity contribution < 1.29 is 42.9 Å². The number of aliphatic imine (C=N–C) groups is 1. The Kier molecular flexibility index (Phi) is 10.3. The van der Waals surface area contributed by atoms with Gasteiger partial charge in [-0.05, 0) is 99.0 Å². The van der Waals surface area contributed by atoms with Gasteiger partial charge >= 0.3 is 23.5 Å². The van der Waals surface area contributed by atoms with Crippen molar-refractivity contribution in [2.45, 2.75) is 134 Å². The molecular weight excluding hydrogens is 660 g/mol. The van der Waals surface area contributed by atoms with E-state index in [0.29, 0.717) is 24.2 Å². The summed E-state index contributed by atoms with van der Waals surface area (Å²) >= 11 is 0. The van der Waals surface area contributed by atoms with Crippen LogP contribution in [0.3, 0.4) is 0 Å². The maximum absolute atomic E-state index is 12.8. The first-order valence-corrected chi connectivity index (χ1v) is 18.4. The second-order valence-corrected chi connectivity index (χ2v) is 15.9. The molecule has 6 N–H and O–H groups in total. The zero-order chi connectivity index (χ0) is 36.7. The molecule has 0 radical (unpaired) electrons. The highest BCUT2D eigenvalue weighted by molar-refractivity contribution is 5.83. The van der Waals surface area contributed by atoms with Gasteiger partial charge in [0.2, 0.25) is 5.91 Å². The van der Waals surface area contributed by atoms with E-state index in [4.69, 9.17) is 30.1 Å². The molecule has 1 spiro atoms. The predicted octanol–water partition coefficient (Wildman–Crippen LogP) is 3.14. The number of ether oxygens (including phenoxy) is 3. The molecule has 4 aliphatic carbocycles. The number of carbonyl (C=O) groups is 4. The number of hydrogen-bond acceptors (Lipinski definition) is 10. The Hall–Kier alpha value is -3.94. The van der Waals surface area contributed by atoms with Crippen LogP contribution in [0.2, 0.25) is 0 Å². The van der Waals surface area contributed by atoms with E-state index in [9.17, 15) is 29.1 Å². The molecule has 14 heteroatoms. The summed E-state index contributed by atoms with van der Waals surface area (Å²) in [6.45, 7) is 6.35. The lowest BCUT2D eigenvalue weighted by atomic mass is 9.44. The smallest absolute Gasteiger partial charge is 0.335 e. The maximum atomic E-state index is 12.8. The molecule has 0 bridgehead atoms. The van der Waals surface area contributed by atoms with Crippen LogP contribution in [0.5, 0.6) is 0 Å². The lowest BCUT2D eigenvalue weighted by Crippen LogP contribution is -2.58. The van der Waals surface area contributed by atoms with Gasteiger partial charge in [0.05, 0.1) is 6.26 Å². The second-order valence-electron chi connectivity index (χ2n) is 15.9. The highest BCUT2D eigenvalue weighted by Gasteiger charge is 2.84. The Bertz CT molecular complexity index is 1590. The average Bonchev–Trinajstić information content (AvgIpc) is 3.77. The Morgan fingerprint density at radius 3 is 2.51 bits per heavy atom. The molecule has 280 valence electrons. The van der Waals surface area contributed by atoms with Crippen LogP contribution in [0.4, 0.5) is 0 Å². The van der Waals surface area contributed by atoms with Crippen LogP contribution >= 0.6 is 0 Å². The van der Waals surface area contributed by atoms with Crippen LogP contribution < -0.4 is 22.4 Å². The van der Waals surface area contributed by atoms with E-state index in [1.807, 2.05) is 0 Å². The molecule has 1 amide bonds. The first-order chi connectivity index (χ1) is 24.2. The first kappa shape index (κ1) is 36.8. The van der Waals surface area contributed by atoms with Gasteiger partial charge in [0.25, 0.3) is 0 Å². The minimum atomic E-state index is -1.14. The van der Waals surface area contributed by atoms with Crippen LogP contribution in [0, 0.1) is 28.6 Å². The number of rotatable bonds is 13. The summed E-state index contributed by atoms with van der Waals surface area (Å²) in [6, 6.07) is 2.17. The molecule has 51 heavy (non-hydrogen) atoms. The number of fused-ring (bicyclic) bond motifs is 3. The lowest BCUT2D eigenvalue weighted by molar-refractivity contribution is -0.168. The Balaban J connectivity index is 1.03. The zero-order valence-electron chi connectivity index (χ0n) is 29.8. The molecule has 4 saturated carbocycles. The van der Waals surface area contributed by atoms with Gasteiger partial charge in [-0.2, -0.15) is 0 Å². The van der Waals surface area contributed by atoms with Crippen LogP contribution in [0.15, 0.2) is 32.6 Å². The number of carboxylic acids is 1. The maximum Gasteiger partial charge on any atom is 0.335 e. The molecule has 14 nitrogen and oxygen atoms in total. The Morgan fingerprint density at radius 1 is 1.04 bits per heavy atom. The number of guanidine groups is 1. The van der Waals surface area contributed by atoms with E-state index in [-0.39, 0.29) is 79.1 Å². The number of epoxide rings is 1. The molecule has 1 aromatic rings. The molecule has 11 atom stereocenters. The highest BCUT2D eigenvalue weighted by atomic mass is 16.7. The van der Waals surface area contributed by atoms with E-state index in [2.05, 4.69) is 24.2 Å². The van der Waals surface area contributed by atoms with Gasteiger partial charge in [-0.3, -0.25) is 19.4 Å². The lowest BCUT2D eigenvalue weighted by Gasteiger charge is -2.61. The largest absolute Gasteiger partial charge is 0.480 e. The minimum absolute atomic E-state index is 0.0167. The van der Waals surface area contributed by atoms with Crippen LogP contribution in [0.25, 0.3) is 0 Å². The summed E-state index contributed by atoms with van der Waals surface area (Å²) < 4.78 is 23.9. The Morgan fingerprint density at radius 2 is 1.82 bits per heavy atom. The monoisotopic (exact) mass is 712 g/mol. The number of aliphatic carboxylic acids is 1. The summed E-state index contributed by atoms with van der Waals surface area (Å²) in [5.41, 5.74) is 10.4. The third-order valence-corrected chi connectivity index (χ3v) is 13.1. The van der Waals surface area contributed by atoms with Crippen molar-refractivity contribution in [3.05, 3.63) is 34.4 Å². The molecule has 6 rings (SSSR count). The van der Waals surface area contributed by atoms with E-state index >= 15 is 0 Å². The van der Waals surface area contributed by atoms with Crippen molar-refractivity contribution in [1.29, 1.82) is 0 Å². The summed E-state index contributed by atoms with van der Waals surface area (Å²) in [5.74, 6) is -1.39. The van der Waals surface area contributed by atoms with Gasteiger partial charge < -0.3 is 40.5 Å². The van der Waals surface area contributed by atoms with E-state index in [1.54, 1.807) is 6.07 Å². The number of amides is 1. The fourth-order valence-electron chi connectivity index (χ4n) is 10.9. The summed E-state index contributed by atoms with van der Waals surface area (Å²) in [6.07, 6.45) is 7.95. The topological polar surface area (TPSA) is 226 Å². The van der Waals surface area contributed by atoms with Crippen LogP contribution in [-0.2, 0) is 33.4 Å². The fraction of sp³-hybridized carbons (Fsp3) is 0.730. The molecule has 1 aliphatic heterocycles. The normalized spacial score (nSPS) is 36.6. The number of carbonyl (C=O) groups excluding carboxylic acids is 3. The highest BCUT2D eigenvalue weighted by Crippen LogP contribution is 2.78. The predicted molar refractivity (Wildman–Crippen MR) is 183 cm³/mol. The summed E-state index contributed by atoms with van der Waals surface area (Å²) in [7, 11) is 0. The van der Waals surface area contributed by atoms with Crippen molar-refractivity contribution in [1.82, 2.24) is 5.32 Å². The molecular formula is C37H52N4O10. The van der Waals surface area contributed by atoms with Crippen molar-refractivity contribution in [3.63, 3.8) is 0 Å². The van der Waals surface area contributed by atoms with Crippen LogP contribution in [0.1, 0.15) is 109 Å². The molecule has 1 aromatic heterocycles. The number of nitrogens with one attached hydrogen (secondary N) is 1. The number of carboxylic acid groups (broad SMARTS) is 1. The van der Waals surface area contributed by atoms with Gasteiger partial charge in [0, 0.05) is 43.7 Å². The number of nitrogens with zero attached hydrogens (tertiary/aromatic N) is 1. The number of nitrogens with two attached hydrogens (primary N) is 2. The third kappa shape index (κ3) is 6.87.